The average Bonchev–Trinajstić information content (AvgIpc) is 3.22. The van der Waals surface area contributed by atoms with Crippen molar-refractivity contribution < 1.29 is 4.79 Å². The van der Waals surface area contributed by atoms with Crippen molar-refractivity contribution in [1.29, 1.82) is 0 Å². The molecule has 2 aromatic rings. The summed E-state index contributed by atoms with van der Waals surface area (Å²) in [5.74, 6) is 0.0424. The third-order valence-corrected chi connectivity index (χ3v) is 5.50. The van der Waals surface area contributed by atoms with Crippen LogP contribution in [0.15, 0.2) is 35.0 Å². The summed E-state index contributed by atoms with van der Waals surface area (Å²) in [6, 6.07) is 8.36. The second-order valence-corrected chi connectivity index (χ2v) is 6.89. The lowest BCUT2D eigenvalue weighted by molar-refractivity contribution is 0.0942. The number of rotatable bonds is 5. The molecular formula is C15H18N2OS2. The first-order valence-corrected chi connectivity index (χ1v) is 8.69. The van der Waals surface area contributed by atoms with Crippen LogP contribution in [0.2, 0.25) is 0 Å². The largest absolute Gasteiger partial charge is 0.349 e. The number of hydrogen-bond donors (Lipinski definition) is 1. The van der Waals surface area contributed by atoms with Crippen LogP contribution in [0.3, 0.4) is 0 Å². The number of thiophene rings is 2. The van der Waals surface area contributed by atoms with E-state index < -0.39 is 0 Å². The molecule has 1 aliphatic rings. The molecule has 3 nitrogen and oxygen atoms in total. The molecule has 5 heteroatoms. The van der Waals surface area contributed by atoms with Gasteiger partial charge in [0, 0.05) is 11.4 Å². The van der Waals surface area contributed by atoms with Gasteiger partial charge in [-0.3, -0.25) is 9.69 Å². The molecule has 3 heterocycles. The Morgan fingerprint density at radius 2 is 1.95 bits per heavy atom. The van der Waals surface area contributed by atoms with Crippen LogP contribution in [-0.2, 0) is 0 Å². The van der Waals surface area contributed by atoms with E-state index in [0.717, 1.165) is 18.0 Å². The number of nitrogens with zero attached hydrogens (tertiary/aromatic N) is 1. The third kappa shape index (κ3) is 3.11. The molecule has 0 aromatic carbocycles. The monoisotopic (exact) mass is 306 g/mol. The number of likely N-dealkylation sites (tertiary alicyclic amines) is 1. The van der Waals surface area contributed by atoms with Gasteiger partial charge in [-0.15, -0.1) is 22.7 Å². The maximum absolute atomic E-state index is 12.1. The highest BCUT2D eigenvalue weighted by Crippen LogP contribution is 2.27. The minimum atomic E-state index is 0.0424. The molecule has 3 rings (SSSR count). The third-order valence-electron chi connectivity index (χ3n) is 3.65. The van der Waals surface area contributed by atoms with Crippen LogP contribution in [0.1, 0.15) is 33.4 Å². The van der Waals surface area contributed by atoms with Gasteiger partial charge < -0.3 is 5.32 Å². The Kier molecular flexibility index (Phi) is 4.50. The van der Waals surface area contributed by atoms with Gasteiger partial charge in [-0.1, -0.05) is 12.1 Å². The smallest absolute Gasteiger partial charge is 0.261 e. The molecule has 1 amide bonds. The van der Waals surface area contributed by atoms with Crippen LogP contribution in [0.25, 0.3) is 0 Å². The zero-order valence-electron chi connectivity index (χ0n) is 11.2. The summed E-state index contributed by atoms with van der Waals surface area (Å²) >= 11 is 3.27. The number of nitrogens with one attached hydrogen (secondary N) is 1. The molecule has 0 bridgehead atoms. The molecule has 1 N–H and O–H groups in total. The van der Waals surface area contributed by atoms with E-state index in [1.807, 2.05) is 17.5 Å². The standard InChI is InChI=1S/C15H18N2OS2/c18-15(14-6-4-10-20-14)16-11-12(13-5-3-9-19-13)17-7-1-2-8-17/h3-6,9-10,12H,1-2,7-8,11H2,(H,16,18)/t12-/m0/s1. The Balaban J connectivity index is 1.66. The lowest BCUT2D eigenvalue weighted by Crippen LogP contribution is -2.36. The molecular weight excluding hydrogens is 288 g/mol. The Labute approximate surface area is 127 Å². The van der Waals surface area contributed by atoms with Crippen molar-refractivity contribution in [3.05, 3.63) is 44.8 Å². The van der Waals surface area contributed by atoms with Crippen molar-refractivity contribution in [2.75, 3.05) is 19.6 Å². The second-order valence-electron chi connectivity index (χ2n) is 4.96. The Morgan fingerprint density at radius 3 is 2.60 bits per heavy atom. The second kappa shape index (κ2) is 6.52. The molecule has 20 heavy (non-hydrogen) atoms. The first kappa shape index (κ1) is 13.8. The zero-order chi connectivity index (χ0) is 13.8. The summed E-state index contributed by atoms with van der Waals surface area (Å²) in [7, 11) is 0. The summed E-state index contributed by atoms with van der Waals surface area (Å²) in [4.78, 5) is 16.7. The van der Waals surface area contributed by atoms with Crippen LogP contribution in [0.4, 0.5) is 0 Å². The lowest BCUT2D eigenvalue weighted by atomic mass is 10.2. The maximum Gasteiger partial charge on any atom is 0.261 e. The molecule has 1 atom stereocenters. The highest BCUT2D eigenvalue weighted by atomic mass is 32.1. The van der Waals surface area contributed by atoms with Gasteiger partial charge in [0.2, 0.25) is 0 Å². The van der Waals surface area contributed by atoms with Crippen molar-refractivity contribution in [2.24, 2.45) is 0 Å². The van der Waals surface area contributed by atoms with Crippen molar-refractivity contribution in [2.45, 2.75) is 18.9 Å². The van der Waals surface area contributed by atoms with E-state index in [4.69, 9.17) is 0 Å². The summed E-state index contributed by atoms with van der Waals surface area (Å²) in [5.41, 5.74) is 0. The Bertz CT molecular complexity index is 530. The molecule has 0 aliphatic carbocycles. The summed E-state index contributed by atoms with van der Waals surface area (Å²) < 4.78 is 0. The molecule has 0 radical (unpaired) electrons. The quantitative estimate of drug-likeness (QED) is 0.918. The van der Waals surface area contributed by atoms with Crippen molar-refractivity contribution >= 4 is 28.6 Å². The highest BCUT2D eigenvalue weighted by molar-refractivity contribution is 7.12. The van der Waals surface area contributed by atoms with Gasteiger partial charge in [-0.25, -0.2) is 0 Å². The molecule has 1 aliphatic heterocycles. The van der Waals surface area contributed by atoms with Gasteiger partial charge in [0.1, 0.15) is 0 Å². The topological polar surface area (TPSA) is 32.3 Å². The van der Waals surface area contributed by atoms with E-state index in [2.05, 4.69) is 27.7 Å². The maximum atomic E-state index is 12.1. The highest BCUT2D eigenvalue weighted by Gasteiger charge is 2.24. The zero-order valence-corrected chi connectivity index (χ0v) is 12.9. The van der Waals surface area contributed by atoms with Crippen LogP contribution in [-0.4, -0.2) is 30.4 Å². The molecule has 0 saturated carbocycles. The van der Waals surface area contributed by atoms with E-state index in [9.17, 15) is 4.79 Å². The number of hydrogen-bond acceptors (Lipinski definition) is 4. The number of amides is 1. The van der Waals surface area contributed by atoms with Gasteiger partial charge in [-0.05, 0) is 48.8 Å². The molecule has 1 fully saturated rings. The van der Waals surface area contributed by atoms with Gasteiger partial charge in [0.05, 0.1) is 10.9 Å². The fourth-order valence-electron chi connectivity index (χ4n) is 2.63. The SMILES string of the molecule is O=C(NC[C@@H](c1cccs1)N1CCCC1)c1cccs1. The summed E-state index contributed by atoms with van der Waals surface area (Å²) in [5, 5.41) is 7.13. The van der Waals surface area contributed by atoms with Crippen molar-refractivity contribution in [1.82, 2.24) is 10.2 Å². The molecule has 106 valence electrons. The molecule has 0 unspecified atom stereocenters. The lowest BCUT2D eigenvalue weighted by Gasteiger charge is -2.26. The average molecular weight is 306 g/mol. The predicted molar refractivity (Wildman–Crippen MR) is 84.5 cm³/mol. The minimum absolute atomic E-state index is 0.0424. The molecule has 0 spiro atoms. The van der Waals surface area contributed by atoms with Crippen LogP contribution in [0.5, 0.6) is 0 Å². The van der Waals surface area contributed by atoms with Gasteiger partial charge in [0.15, 0.2) is 0 Å². The normalized spacial score (nSPS) is 17.2. The van der Waals surface area contributed by atoms with Crippen LogP contribution >= 0.6 is 22.7 Å². The van der Waals surface area contributed by atoms with E-state index in [1.165, 1.54) is 29.1 Å². The summed E-state index contributed by atoms with van der Waals surface area (Å²) in [6.07, 6.45) is 2.53. The number of carbonyl (C=O) groups excluding carboxylic acids is 1. The van der Waals surface area contributed by atoms with Gasteiger partial charge >= 0.3 is 0 Å². The fourth-order valence-corrected chi connectivity index (χ4v) is 4.13. The first-order chi connectivity index (χ1) is 9.84. The Morgan fingerprint density at radius 1 is 1.20 bits per heavy atom. The van der Waals surface area contributed by atoms with Gasteiger partial charge in [0.25, 0.3) is 5.91 Å². The fraction of sp³-hybridized carbons (Fsp3) is 0.400. The minimum Gasteiger partial charge on any atom is -0.349 e. The van der Waals surface area contributed by atoms with E-state index >= 15 is 0 Å². The van der Waals surface area contributed by atoms with Crippen LogP contribution < -0.4 is 5.32 Å². The predicted octanol–water partition coefficient (Wildman–Crippen LogP) is 3.38. The van der Waals surface area contributed by atoms with Gasteiger partial charge in [-0.2, -0.15) is 0 Å². The van der Waals surface area contributed by atoms with Crippen molar-refractivity contribution in [3.8, 4) is 0 Å². The van der Waals surface area contributed by atoms with E-state index in [-0.39, 0.29) is 5.91 Å². The summed E-state index contributed by atoms with van der Waals surface area (Å²) in [6.45, 7) is 2.96. The molecule has 2 aromatic heterocycles. The number of carbonyl (C=O) groups is 1. The Hall–Kier alpha value is -1.17. The van der Waals surface area contributed by atoms with E-state index in [0.29, 0.717) is 12.6 Å². The van der Waals surface area contributed by atoms with Crippen molar-refractivity contribution in [3.63, 3.8) is 0 Å². The van der Waals surface area contributed by atoms with Crippen LogP contribution in [0, 0.1) is 0 Å². The van der Waals surface area contributed by atoms with E-state index in [1.54, 1.807) is 11.3 Å². The first-order valence-electron chi connectivity index (χ1n) is 6.94. The molecule has 1 saturated heterocycles.